The lowest BCUT2D eigenvalue weighted by Gasteiger charge is -2.09. The van der Waals surface area contributed by atoms with Crippen LogP contribution in [0.25, 0.3) is 0 Å². The molecule has 0 spiro atoms. The summed E-state index contributed by atoms with van der Waals surface area (Å²) in [6.45, 7) is 6.99. The topological polar surface area (TPSA) is 34.1 Å². The van der Waals surface area contributed by atoms with E-state index in [-0.39, 0.29) is 0 Å². The highest BCUT2D eigenvalue weighted by Crippen LogP contribution is 2.32. The van der Waals surface area contributed by atoms with Crippen LogP contribution >= 0.6 is 0 Å². The molecule has 1 aromatic heterocycles. The van der Waals surface area contributed by atoms with Gasteiger partial charge in [0, 0.05) is 18.3 Å². The van der Waals surface area contributed by atoms with E-state index < -0.39 is 0 Å². The lowest BCUT2D eigenvalue weighted by Crippen LogP contribution is -2.15. The van der Waals surface area contributed by atoms with Gasteiger partial charge in [0.05, 0.1) is 6.61 Å². The van der Waals surface area contributed by atoms with E-state index in [1.54, 1.807) is 0 Å². The molecule has 0 amide bonds. The highest BCUT2D eigenvalue weighted by atomic mass is 16.5. The van der Waals surface area contributed by atoms with Crippen LogP contribution in [-0.4, -0.2) is 18.1 Å². The van der Waals surface area contributed by atoms with Crippen molar-refractivity contribution in [3.8, 4) is 5.88 Å². The molecule has 100 valence electrons. The van der Waals surface area contributed by atoms with E-state index in [0.717, 1.165) is 43.6 Å². The SMILES string of the molecule is CCCNCc1ccc(OCCC2CC2)nc1C. The number of pyridine rings is 1. The number of aromatic nitrogens is 1. The zero-order chi connectivity index (χ0) is 12.8. The van der Waals surface area contributed by atoms with E-state index in [9.17, 15) is 0 Å². The van der Waals surface area contributed by atoms with Crippen LogP contribution in [0.3, 0.4) is 0 Å². The maximum absolute atomic E-state index is 5.69. The van der Waals surface area contributed by atoms with Crippen LogP contribution in [0.1, 0.15) is 43.9 Å². The summed E-state index contributed by atoms with van der Waals surface area (Å²) in [6, 6.07) is 4.11. The average molecular weight is 248 g/mol. The van der Waals surface area contributed by atoms with Crippen LogP contribution < -0.4 is 10.1 Å². The molecule has 0 bridgehead atoms. The van der Waals surface area contributed by atoms with Crippen LogP contribution in [0.15, 0.2) is 12.1 Å². The van der Waals surface area contributed by atoms with Gasteiger partial charge in [-0.05, 0) is 37.8 Å². The molecule has 3 nitrogen and oxygen atoms in total. The van der Waals surface area contributed by atoms with Crippen molar-refractivity contribution >= 4 is 0 Å². The van der Waals surface area contributed by atoms with Gasteiger partial charge in [-0.3, -0.25) is 0 Å². The smallest absolute Gasteiger partial charge is 0.213 e. The molecule has 18 heavy (non-hydrogen) atoms. The van der Waals surface area contributed by atoms with Gasteiger partial charge in [0.1, 0.15) is 0 Å². The zero-order valence-electron chi connectivity index (χ0n) is 11.5. The molecule has 0 radical (unpaired) electrons. The largest absolute Gasteiger partial charge is 0.478 e. The Kier molecular flexibility index (Phi) is 5.00. The maximum atomic E-state index is 5.69. The molecule has 0 saturated heterocycles. The molecular weight excluding hydrogens is 224 g/mol. The Morgan fingerprint density at radius 2 is 2.22 bits per heavy atom. The molecule has 1 aromatic rings. The number of aryl methyl sites for hydroxylation is 1. The number of nitrogens with zero attached hydrogens (tertiary/aromatic N) is 1. The number of hydrogen-bond donors (Lipinski definition) is 1. The highest BCUT2D eigenvalue weighted by Gasteiger charge is 2.20. The van der Waals surface area contributed by atoms with E-state index in [0.29, 0.717) is 0 Å². The number of rotatable bonds is 8. The fraction of sp³-hybridized carbons (Fsp3) is 0.667. The Hall–Kier alpha value is -1.09. The summed E-state index contributed by atoms with van der Waals surface area (Å²) in [4.78, 5) is 4.51. The van der Waals surface area contributed by atoms with Crippen LogP contribution in [-0.2, 0) is 6.54 Å². The van der Waals surface area contributed by atoms with Gasteiger partial charge in [0.2, 0.25) is 5.88 Å². The fourth-order valence-corrected chi connectivity index (χ4v) is 1.97. The van der Waals surface area contributed by atoms with Crippen molar-refractivity contribution in [2.45, 2.75) is 46.1 Å². The predicted molar refractivity (Wildman–Crippen MR) is 73.8 cm³/mol. The second-order valence-electron chi connectivity index (χ2n) is 5.15. The van der Waals surface area contributed by atoms with Crippen molar-refractivity contribution in [1.29, 1.82) is 0 Å². The molecule has 3 heteroatoms. The first kappa shape index (κ1) is 13.3. The summed E-state index contributed by atoms with van der Waals surface area (Å²) in [5.74, 6) is 1.69. The Balaban J connectivity index is 1.79. The van der Waals surface area contributed by atoms with Crippen molar-refractivity contribution in [2.75, 3.05) is 13.2 Å². The lowest BCUT2D eigenvalue weighted by atomic mass is 10.2. The molecule has 1 saturated carbocycles. The van der Waals surface area contributed by atoms with E-state index in [1.807, 2.05) is 6.07 Å². The van der Waals surface area contributed by atoms with E-state index in [1.165, 1.54) is 24.8 Å². The third kappa shape index (κ3) is 4.30. The quantitative estimate of drug-likeness (QED) is 0.718. The van der Waals surface area contributed by atoms with Crippen LogP contribution in [0.4, 0.5) is 0 Å². The first-order valence-electron chi connectivity index (χ1n) is 7.09. The molecule has 0 unspecified atom stereocenters. The summed E-state index contributed by atoms with van der Waals surface area (Å²) in [5, 5.41) is 3.40. The minimum Gasteiger partial charge on any atom is -0.478 e. The fourth-order valence-electron chi connectivity index (χ4n) is 1.97. The second kappa shape index (κ2) is 6.74. The highest BCUT2D eigenvalue weighted by molar-refractivity contribution is 5.24. The molecule has 1 aliphatic carbocycles. The number of hydrogen-bond acceptors (Lipinski definition) is 3. The van der Waals surface area contributed by atoms with Crippen LogP contribution in [0, 0.1) is 12.8 Å². The molecule has 1 N–H and O–H groups in total. The summed E-state index contributed by atoms with van der Waals surface area (Å²) >= 11 is 0. The first-order chi connectivity index (χ1) is 8.79. The summed E-state index contributed by atoms with van der Waals surface area (Å²) in [7, 11) is 0. The van der Waals surface area contributed by atoms with Gasteiger partial charge < -0.3 is 10.1 Å². The third-order valence-electron chi connectivity index (χ3n) is 3.38. The zero-order valence-corrected chi connectivity index (χ0v) is 11.5. The number of nitrogens with one attached hydrogen (secondary N) is 1. The number of ether oxygens (including phenoxy) is 1. The molecule has 1 fully saturated rings. The molecule has 1 aliphatic rings. The first-order valence-corrected chi connectivity index (χ1v) is 7.09. The van der Waals surface area contributed by atoms with Gasteiger partial charge in [0.25, 0.3) is 0 Å². The van der Waals surface area contributed by atoms with Gasteiger partial charge in [-0.2, -0.15) is 0 Å². The van der Waals surface area contributed by atoms with Crippen molar-refractivity contribution in [3.05, 3.63) is 23.4 Å². The maximum Gasteiger partial charge on any atom is 0.213 e. The second-order valence-corrected chi connectivity index (χ2v) is 5.15. The molecule has 0 aromatic carbocycles. The van der Waals surface area contributed by atoms with Gasteiger partial charge in [-0.15, -0.1) is 0 Å². The van der Waals surface area contributed by atoms with E-state index in [4.69, 9.17) is 4.74 Å². The summed E-state index contributed by atoms with van der Waals surface area (Å²) in [5.41, 5.74) is 2.33. The normalized spacial score (nSPS) is 14.8. The Labute approximate surface area is 110 Å². The van der Waals surface area contributed by atoms with Crippen LogP contribution in [0.5, 0.6) is 5.88 Å². The monoisotopic (exact) mass is 248 g/mol. The van der Waals surface area contributed by atoms with Crippen molar-refractivity contribution in [2.24, 2.45) is 5.92 Å². The predicted octanol–water partition coefficient (Wildman–Crippen LogP) is 3.07. The van der Waals surface area contributed by atoms with Crippen molar-refractivity contribution in [1.82, 2.24) is 10.3 Å². The summed E-state index contributed by atoms with van der Waals surface area (Å²) < 4.78 is 5.69. The lowest BCUT2D eigenvalue weighted by molar-refractivity contribution is 0.290. The Morgan fingerprint density at radius 1 is 1.39 bits per heavy atom. The molecule has 1 heterocycles. The Morgan fingerprint density at radius 3 is 2.89 bits per heavy atom. The minimum atomic E-state index is 0.771. The van der Waals surface area contributed by atoms with Gasteiger partial charge in [0.15, 0.2) is 0 Å². The van der Waals surface area contributed by atoms with Gasteiger partial charge in [-0.1, -0.05) is 25.8 Å². The standard InChI is InChI=1S/C15H24N2O/c1-3-9-16-11-14-6-7-15(17-12(14)2)18-10-8-13-4-5-13/h6-7,13,16H,3-5,8-11H2,1-2H3. The van der Waals surface area contributed by atoms with E-state index >= 15 is 0 Å². The molecule has 0 atom stereocenters. The molecule has 0 aliphatic heterocycles. The molecule has 2 rings (SSSR count). The van der Waals surface area contributed by atoms with Gasteiger partial charge >= 0.3 is 0 Å². The van der Waals surface area contributed by atoms with Crippen molar-refractivity contribution in [3.63, 3.8) is 0 Å². The van der Waals surface area contributed by atoms with E-state index in [2.05, 4.69) is 30.2 Å². The third-order valence-corrected chi connectivity index (χ3v) is 3.38. The van der Waals surface area contributed by atoms with Crippen molar-refractivity contribution < 1.29 is 4.74 Å². The van der Waals surface area contributed by atoms with Gasteiger partial charge in [-0.25, -0.2) is 4.98 Å². The minimum absolute atomic E-state index is 0.771. The molecular formula is C15H24N2O. The van der Waals surface area contributed by atoms with Crippen LogP contribution in [0.2, 0.25) is 0 Å². The average Bonchev–Trinajstić information content (AvgIpc) is 3.16. The summed E-state index contributed by atoms with van der Waals surface area (Å²) in [6.07, 6.45) is 5.12. The Bertz CT molecular complexity index is 375.